The molecule has 0 spiro atoms. The molecule has 1 aromatic rings. The highest BCUT2D eigenvalue weighted by Crippen LogP contribution is 2.16. The molecule has 1 aromatic carbocycles. The van der Waals surface area contributed by atoms with Gasteiger partial charge in [-0.05, 0) is 25.0 Å². The van der Waals surface area contributed by atoms with Gasteiger partial charge in [0, 0.05) is 25.3 Å². The normalized spacial score (nSPS) is 19.5. The Bertz CT molecular complexity index is 549. The molecule has 1 aliphatic heterocycles. The third kappa shape index (κ3) is 3.49. The second-order valence-corrected chi connectivity index (χ2v) is 6.00. The van der Waals surface area contributed by atoms with Crippen LogP contribution in [0.5, 0.6) is 0 Å². The van der Waals surface area contributed by atoms with E-state index < -0.39 is 14.9 Å². The lowest BCUT2D eigenvalue weighted by atomic mass is 10.2. The van der Waals surface area contributed by atoms with Crippen molar-refractivity contribution >= 4 is 15.7 Å². The van der Waals surface area contributed by atoms with E-state index in [2.05, 4.69) is 4.72 Å². The van der Waals surface area contributed by atoms with E-state index in [0.717, 1.165) is 12.8 Å². The number of rotatable bonds is 5. The zero-order chi connectivity index (χ0) is 13.9. The van der Waals surface area contributed by atoms with Crippen molar-refractivity contribution in [2.45, 2.75) is 23.8 Å². The molecular weight excluding hydrogens is 272 g/mol. The summed E-state index contributed by atoms with van der Waals surface area (Å²) in [6.45, 7) is 0.878. The van der Waals surface area contributed by atoms with Crippen LogP contribution < -0.4 is 4.72 Å². The highest BCUT2D eigenvalue weighted by molar-refractivity contribution is 7.89. The van der Waals surface area contributed by atoms with E-state index in [-0.39, 0.29) is 23.2 Å². The number of benzene rings is 1. The van der Waals surface area contributed by atoms with Crippen LogP contribution in [-0.4, -0.2) is 32.6 Å². The molecule has 7 nitrogen and oxygen atoms in total. The number of nitro benzene ring substituents is 1. The molecule has 1 saturated heterocycles. The molecule has 104 valence electrons. The smallest absolute Gasteiger partial charge is 0.269 e. The summed E-state index contributed by atoms with van der Waals surface area (Å²) in [7, 11) is -3.64. The minimum Gasteiger partial charge on any atom is -0.377 e. The summed E-state index contributed by atoms with van der Waals surface area (Å²) in [6.07, 6.45) is 1.68. The second kappa shape index (κ2) is 5.64. The van der Waals surface area contributed by atoms with Crippen molar-refractivity contribution < 1.29 is 18.1 Å². The van der Waals surface area contributed by atoms with E-state index in [1.165, 1.54) is 24.3 Å². The van der Waals surface area contributed by atoms with Crippen LogP contribution in [0.3, 0.4) is 0 Å². The fourth-order valence-corrected chi connectivity index (χ4v) is 2.90. The van der Waals surface area contributed by atoms with Crippen molar-refractivity contribution in [3.05, 3.63) is 34.4 Å². The number of sulfonamides is 1. The molecule has 0 amide bonds. The molecule has 1 heterocycles. The van der Waals surface area contributed by atoms with E-state index in [9.17, 15) is 18.5 Å². The summed E-state index contributed by atoms with van der Waals surface area (Å²) in [4.78, 5) is 9.92. The predicted molar refractivity (Wildman–Crippen MR) is 67.3 cm³/mol. The van der Waals surface area contributed by atoms with Gasteiger partial charge in [0.1, 0.15) is 0 Å². The molecule has 0 bridgehead atoms. The van der Waals surface area contributed by atoms with Crippen LogP contribution in [0.1, 0.15) is 12.8 Å². The molecular formula is C11H14N2O5S. The van der Waals surface area contributed by atoms with Crippen LogP contribution in [0.4, 0.5) is 5.69 Å². The number of nitrogens with one attached hydrogen (secondary N) is 1. The SMILES string of the molecule is O=[N+]([O-])c1ccc(S(=O)(=O)NC[C@H]2CCCO2)cc1. The van der Waals surface area contributed by atoms with Gasteiger partial charge < -0.3 is 4.74 Å². The molecule has 2 rings (SSSR count). The standard InChI is InChI=1S/C11H14N2O5S/c14-13(15)9-3-5-11(6-4-9)19(16,17)12-8-10-2-1-7-18-10/h3-6,10,12H,1-2,7-8H2/t10-/m1/s1. The lowest BCUT2D eigenvalue weighted by molar-refractivity contribution is -0.384. The quantitative estimate of drug-likeness (QED) is 0.644. The number of hydrogen-bond donors (Lipinski definition) is 1. The first kappa shape index (κ1) is 13.9. The minimum absolute atomic E-state index is 0.0103. The molecule has 1 fully saturated rings. The van der Waals surface area contributed by atoms with Gasteiger partial charge >= 0.3 is 0 Å². The second-order valence-electron chi connectivity index (χ2n) is 4.24. The maximum atomic E-state index is 11.9. The topological polar surface area (TPSA) is 98.5 Å². The molecule has 1 atom stereocenters. The van der Waals surface area contributed by atoms with E-state index in [0.29, 0.717) is 6.61 Å². The molecule has 1 aliphatic rings. The average molecular weight is 286 g/mol. The van der Waals surface area contributed by atoms with E-state index >= 15 is 0 Å². The summed E-state index contributed by atoms with van der Waals surface area (Å²) in [5.74, 6) is 0. The summed E-state index contributed by atoms with van der Waals surface area (Å²) in [5.41, 5.74) is -0.141. The maximum Gasteiger partial charge on any atom is 0.269 e. The van der Waals surface area contributed by atoms with Crippen LogP contribution in [0.2, 0.25) is 0 Å². The first-order valence-electron chi connectivity index (χ1n) is 5.85. The lowest BCUT2D eigenvalue weighted by Crippen LogP contribution is -2.31. The highest BCUT2D eigenvalue weighted by Gasteiger charge is 2.20. The van der Waals surface area contributed by atoms with Crippen LogP contribution >= 0.6 is 0 Å². The van der Waals surface area contributed by atoms with Crippen molar-refractivity contribution in [1.29, 1.82) is 0 Å². The molecule has 19 heavy (non-hydrogen) atoms. The number of nitrogens with zero attached hydrogens (tertiary/aromatic N) is 1. The zero-order valence-electron chi connectivity index (χ0n) is 10.1. The first-order valence-corrected chi connectivity index (χ1v) is 7.33. The number of non-ortho nitro benzene ring substituents is 1. The third-order valence-corrected chi connectivity index (χ3v) is 4.32. The van der Waals surface area contributed by atoms with E-state index in [1.54, 1.807) is 0 Å². The molecule has 0 unspecified atom stereocenters. The first-order chi connectivity index (χ1) is 8.99. The molecule has 0 radical (unpaired) electrons. The Morgan fingerprint density at radius 3 is 2.58 bits per heavy atom. The van der Waals surface area contributed by atoms with Crippen molar-refractivity contribution in [2.75, 3.05) is 13.2 Å². The number of nitro groups is 1. The summed E-state index contributed by atoms with van der Waals surface area (Å²) >= 11 is 0. The van der Waals surface area contributed by atoms with Crippen molar-refractivity contribution in [3.8, 4) is 0 Å². The van der Waals surface area contributed by atoms with Gasteiger partial charge in [0.05, 0.1) is 15.9 Å². The van der Waals surface area contributed by atoms with Gasteiger partial charge in [0.25, 0.3) is 5.69 Å². The monoisotopic (exact) mass is 286 g/mol. The Kier molecular flexibility index (Phi) is 4.13. The number of ether oxygens (including phenoxy) is 1. The van der Waals surface area contributed by atoms with Crippen LogP contribution in [0.25, 0.3) is 0 Å². The third-order valence-electron chi connectivity index (χ3n) is 2.88. The summed E-state index contributed by atoms with van der Waals surface area (Å²) in [6, 6.07) is 4.77. The largest absolute Gasteiger partial charge is 0.377 e. The van der Waals surface area contributed by atoms with Crippen molar-refractivity contribution in [1.82, 2.24) is 4.72 Å². The molecule has 8 heteroatoms. The van der Waals surface area contributed by atoms with Gasteiger partial charge in [0.15, 0.2) is 0 Å². The van der Waals surface area contributed by atoms with Gasteiger partial charge in [-0.2, -0.15) is 0 Å². The Labute approximate surface area is 110 Å². The van der Waals surface area contributed by atoms with Crippen molar-refractivity contribution in [3.63, 3.8) is 0 Å². The fraction of sp³-hybridized carbons (Fsp3) is 0.455. The number of hydrogen-bond acceptors (Lipinski definition) is 5. The Hall–Kier alpha value is -1.51. The van der Waals surface area contributed by atoms with Gasteiger partial charge in [-0.25, -0.2) is 13.1 Å². The Balaban J connectivity index is 2.03. The van der Waals surface area contributed by atoms with Gasteiger partial charge in [-0.15, -0.1) is 0 Å². The summed E-state index contributed by atoms with van der Waals surface area (Å²) in [5, 5.41) is 10.5. The minimum atomic E-state index is -3.64. The summed E-state index contributed by atoms with van der Waals surface area (Å²) < 4.78 is 31.6. The highest BCUT2D eigenvalue weighted by atomic mass is 32.2. The Morgan fingerprint density at radius 1 is 1.37 bits per heavy atom. The van der Waals surface area contributed by atoms with Gasteiger partial charge in [-0.1, -0.05) is 0 Å². The maximum absolute atomic E-state index is 11.9. The van der Waals surface area contributed by atoms with Crippen molar-refractivity contribution in [2.24, 2.45) is 0 Å². The van der Waals surface area contributed by atoms with Crippen LogP contribution in [0.15, 0.2) is 29.2 Å². The van der Waals surface area contributed by atoms with E-state index in [4.69, 9.17) is 4.74 Å². The molecule has 0 aromatic heterocycles. The predicted octanol–water partition coefficient (Wildman–Crippen LogP) is 1.05. The Morgan fingerprint density at radius 2 is 2.05 bits per heavy atom. The molecule has 0 saturated carbocycles. The molecule has 0 aliphatic carbocycles. The van der Waals surface area contributed by atoms with Gasteiger partial charge in [-0.3, -0.25) is 10.1 Å². The lowest BCUT2D eigenvalue weighted by Gasteiger charge is -2.11. The van der Waals surface area contributed by atoms with Gasteiger partial charge in [0.2, 0.25) is 10.0 Å². The van der Waals surface area contributed by atoms with Crippen LogP contribution in [0, 0.1) is 10.1 Å². The zero-order valence-corrected chi connectivity index (χ0v) is 10.9. The average Bonchev–Trinajstić information content (AvgIpc) is 2.90. The van der Waals surface area contributed by atoms with Crippen LogP contribution in [-0.2, 0) is 14.8 Å². The molecule has 1 N–H and O–H groups in total. The van der Waals surface area contributed by atoms with E-state index in [1.807, 2.05) is 0 Å². The fourth-order valence-electron chi connectivity index (χ4n) is 1.84.